The average molecular weight is 470 g/mol. The van der Waals surface area contributed by atoms with Gasteiger partial charge in [-0.05, 0) is 37.3 Å². The van der Waals surface area contributed by atoms with Crippen LogP contribution in [0.3, 0.4) is 0 Å². The van der Waals surface area contributed by atoms with E-state index in [9.17, 15) is 14.9 Å². The predicted molar refractivity (Wildman–Crippen MR) is 121 cm³/mol. The van der Waals surface area contributed by atoms with Crippen molar-refractivity contribution >= 4 is 40.6 Å². The molecule has 0 unspecified atom stereocenters. The minimum atomic E-state index is -0.610. The van der Waals surface area contributed by atoms with Gasteiger partial charge in [-0.2, -0.15) is 0 Å². The number of carbonyl (C=O) groups is 1. The van der Waals surface area contributed by atoms with Gasteiger partial charge in [-0.3, -0.25) is 19.5 Å². The normalized spacial score (nSPS) is 11.8. The van der Waals surface area contributed by atoms with Crippen molar-refractivity contribution in [3.63, 3.8) is 0 Å². The molecule has 0 saturated heterocycles. The monoisotopic (exact) mass is 469 g/mol. The van der Waals surface area contributed by atoms with Gasteiger partial charge in [-0.15, -0.1) is 10.2 Å². The fourth-order valence-electron chi connectivity index (χ4n) is 2.89. The van der Waals surface area contributed by atoms with E-state index >= 15 is 0 Å². The van der Waals surface area contributed by atoms with E-state index in [2.05, 4.69) is 15.5 Å². The third-order valence-corrected chi connectivity index (χ3v) is 5.83. The number of para-hydroxylation sites is 1. The number of hydrogen-bond donors (Lipinski definition) is 1. The minimum absolute atomic E-state index is 0.166. The first kappa shape index (κ1) is 21.6. The lowest BCUT2D eigenvalue weighted by molar-refractivity contribution is -0.384. The van der Waals surface area contributed by atoms with Crippen molar-refractivity contribution in [2.45, 2.75) is 17.3 Å². The van der Waals surface area contributed by atoms with E-state index in [1.807, 2.05) is 30.3 Å². The highest BCUT2D eigenvalue weighted by Gasteiger charge is 2.23. The summed E-state index contributed by atoms with van der Waals surface area (Å²) in [6.07, 6.45) is 1.55. The van der Waals surface area contributed by atoms with Crippen molar-refractivity contribution in [2.75, 3.05) is 5.32 Å². The van der Waals surface area contributed by atoms with Crippen molar-refractivity contribution in [1.82, 2.24) is 14.8 Å². The molecule has 0 saturated carbocycles. The molecule has 0 bridgehead atoms. The number of thioether (sulfide) groups is 1. The van der Waals surface area contributed by atoms with Crippen LogP contribution in [-0.4, -0.2) is 30.8 Å². The maximum absolute atomic E-state index is 12.8. The average Bonchev–Trinajstić information content (AvgIpc) is 3.45. The Labute approximate surface area is 191 Å². The number of nitrogens with zero attached hydrogens (tertiary/aromatic N) is 4. The highest BCUT2D eigenvalue weighted by molar-refractivity contribution is 8.00. The number of nitro benzene ring substituents is 1. The van der Waals surface area contributed by atoms with Crippen LogP contribution in [0, 0.1) is 10.1 Å². The summed E-state index contributed by atoms with van der Waals surface area (Å²) < 4.78 is 7.29. The maximum atomic E-state index is 12.8. The molecule has 0 radical (unpaired) electrons. The minimum Gasteiger partial charge on any atom is -0.461 e. The molecule has 32 heavy (non-hydrogen) atoms. The molecule has 9 nitrogen and oxygen atoms in total. The molecule has 0 aliphatic heterocycles. The van der Waals surface area contributed by atoms with Crippen LogP contribution < -0.4 is 5.32 Å². The molecule has 0 aliphatic rings. The highest BCUT2D eigenvalue weighted by atomic mass is 35.5. The van der Waals surface area contributed by atoms with Crippen LogP contribution >= 0.6 is 23.4 Å². The van der Waals surface area contributed by atoms with Crippen molar-refractivity contribution in [2.24, 2.45) is 0 Å². The zero-order chi connectivity index (χ0) is 22.7. The lowest BCUT2D eigenvalue weighted by Crippen LogP contribution is -2.23. The van der Waals surface area contributed by atoms with Gasteiger partial charge in [-0.25, -0.2) is 0 Å². The molecular formula is C21H16ClN5O4S. The third kappa shape index (κ3) is 4.51. The fraction of sp³-hybridized carbons (Fsp3) is 0.0952. The third-order valence-electron chi connectivity index (χ3n) is 4.46. The lowest BCUT2D eigenvalue weighted by Gasteiger charge is -2.14. The van der Waals surface area contributed by atoms with E-state index < -0.39 is 10.2 Å². The molecule has 0 spiro atoms. The summed E-state index contributed by atoms with van der Waals surface area (Å²) >= 11 is 7.28. The van der Waals surface area contributed by atoms with Crippen LogP contribution in [0.4, 0.5) is 11.4 Å². The number of nitro groups is 1. The summed E-state index contributed by atoms with van der Waals surface area (Å²) in [6.45, 7) is 1.70. The molecule has 0 fully saturated rings. The molecule has 4 rings (SSSR count). The molecule has 2 aromatic carbocycles. The molecular weight excluding hydrogens is 454 g/mol. The van der Waals surface area contributed by atoms with Crippen molar-refractivity contribution in [3.05, 3.63) is 82.1 Å². The van der Waals surface area contributed by atoms with Crippen molar-refractivity contribution < 1.29 is 14.1 Å². The van der Waals surface area contributed by atoms with Gasteiger partial charge in [0.25, 0.3) is 5.69 Å². The van der Waals surface area contributed by atoms with Crippen molar-refractivity contribution in [1.29, 1.82) is 0 Å². The van der Waals surface area contributed by atoms with Gasteiger partial charge in [0.1, 0.15) is 0 Å². The molecule has 1 amide bonds. The quantitative estimate of drug-likeness (QED) is 0.224. The van der Waals surface area contributed by atoms with E-state index in [-0.39, 0.29) is 22.3 Å². The van der Waals surface area contributed by atoms with Crippen LogP contribution in [0.2, 0.25) is 5.02 Å². The number of anilines is 1. The molecule has 2 aromatic heterocycles. The topological polar surface area (TPSA) is 116 Å². The SMILES string of the molecule is C[C@H](Sc1nnc(-c2ccco2)n1-c1ccccc1)C(=O)Nc1cc([N+](=O)[O-])ccc1Cl. The number of halogens is 1. The van der Waals surface area contributed by atoms with E-state index in [0.29, 0.717) is 16.7 Å². The Morgan fingerprint density at radius 2 is 1.97 bits per heavy atom. The summed E-state index contributed by atoms with van der Waals surface area (Å²) in [5, 5.41) is 22.2. The Morgan fingerprint density at radius 3 is 2.66 bits per heavy atom. The number of aromatic nitrogens is 3. The van der Waals surface area contributed by atoms with E-state index in [1.54, 1.807) is 29.9 Å². The van der Waals surface area contributed by atoms with Crippen LogP contribution in [0.1, 0.15) is 6.92 Å². The van der Waals surface area contributed by atoms with Gasteiger partial charge >= 0.3 is 0 Å². The Balaban J connectivity index is 1.60. The van der Waals surface area contributed by atoms with Gasteiger partial charge in [-0.1, -0.05) is 41.6 Å². The van der Waals surface area contributed by atoms with E-state index in [1.165, 1.54) is 30.0 Å². The summed E-state index contributed by atoms with van der Waals surface area (Å²) in [4.78, 5) is 23.3. The number of amides is 1. The standard InChI is InChI=1S/C21H16ClN5O4S/c1-13(20(28)23-17-12-15(27(29)30)9-10-16(17)22)32-21-25-24-19(18-8-5-11-31-18)26(21)14-6-3-2-4-7-14/h2-13H,1H3,(H,23,28)/t13-/m0/s1. The van der Waals surface area contributed by atoms with Crippen LogP contribution in [0.15, 0.2) is 76.5 Å². The summed E-state index contributed by atoms with van der Waals surface area (Å²) in [6, 6.07) is 16.9. The van der Waals surface area contributed by atoms with E-state index in [0.717, 1.165) is 5.69 Å². The first-order valence-corrected chi connectivity index (χ1v) is 10.7. The van der Waals surface area contributed by atoms with Gasteiger partial charge in [0.15, 0.2) is 10.9 Å². The van der Waals surface area contributed by atoms with Crippen LogP contribution in [0.5, 0.6) is 0 Å². The predicted octanol–water partition coefficient (Wildman–Crippen LogP) is 5.21. The van der Waals surface area contributed by atoms with Gasteiger partial charge in [0, 0.05) is 17.8 Å². The van der Waals surface area contributed by atoms with Crippen LogP contribution in [-0.2, 0) is 4.79 Å². The molecule has 1 N–H and O–H groups in total. The Morgan fingerprint density at radius 1 is 1.19 bits per heavy atom. The second-order valence-electron chi connectivity index (χ2n) is 6.63. The number of non-ortho nitro benzene ring substituents is 1. The molecule has 11 heteroatoms. The van der Waals surface area contributed by atoms with Crippen LogP contribution in [0.25, 0.3) is 17.3 Å². The maximum Gasteiger partial charge on any atom is 0.271 e. The van der Waals surface area contributed by atoms with E-state index in [4.69, 9.17) is 16.0 Å². The number of benzene rings is 2. The zero-order valence-electron chi connectivity index (χ0n) is 16.6. The molecule has 162 valence electrons. The summed E-state index contributed by atoms with van der Waals surface area (Å²) in [7, 11) is 0. The Kier molecular flexibility index (Phi) is 6.24. The molecule has 1 atom stereocenters. The summed E-state index contributed by atoms with van der Waals surface area (Å²) in [5.74, 6) is 0.645. The van der Waals surface area contributed by atoms with Gasteiger partial charge < -0.3 is 9.73 Å². The Hall–Kier alpha value is -3.63. The second kappa shape index (κ2) is 9.25. The second-order valence-corrected chi connectivity index (χ2v) is 8.34. The molecule has 2 heterocycles. The summed E-state index contributed by atoms with van der Waals surface area (Å²) in [5.41, 5.74) is 0.803. The lowest BCUT2D eigenvalue weighted by atomic mass is 10.2. The number of nitrogens with one attached hydrogen (secondary N) is 1. The van der Waals surface area contributed by atoms with Gasteiger partial charge in [0.2, 0.25) is 11.7 Å². The smallest absolute Gasteiger partial charge is 0.271 e. The number of carbonyl (C=O) groups excluding carboxylic acids is 1. The first-order valence-electron chi connectivity index (χ1n) is 9.40. The molecule has 4 aromatic rings. The zero-order valence-corrected chi connectivity index (χ0v) is 18.2. The number of furan rings is 1. The first-order chi connectivity index (χ1) is 15.4. The number of hydrogen-bond acceptors (Lipinski definition) is 7. The highest BCUT2D eigenvalue weighted by Crippen LogP contribution is 2.32. The number of rotatable bonds is 7. The largest absolute Gasteiger partial charge is 0.461 e. The van der Waals surface area contributed by atoms with Gasteiger partial charge in [0.05, 0.1) is 27.1 Å². The molecule has 0 aliphatic carbocycles. The Bertz CT molecular complexity index is 1260. The van der Waals surface area contributed by atoms with Crippen molar-refractivity contribution in [3.8, 4) is 17.3 Å². The fourth-order valence-corrected chi connectivity index (χ4v) is 3.92.